The summed E-state index contributed by atoms with van der Waals surface area (Å²) in [4.78, 5) is 4.54. The van der Waals surface area contributed by atoms with Crippen LogP contribution in [0.25, 0.3) is 10.9 Å². The first kappa shape index (κ1) is 12.7. The topological polar surface area (TPSA) is 50.9 Å². The van der Waals surface area contributed by atoms with Crippen LogP contribution in [0, 0.1) is 6.92 Å². The molecule has 0 saturated carbocycles. The van der Waals surface area contributed by atoms with E-state index in [1.54, 1.807) is 0 Å². The average Bonchev–Trinajstić information content (AvgIpc) is 2.36. The lowest BCUT2D eigenvalue weighted by atomic mass is 10.1. The number of aromatic nitrogens is 1. The van der Waals surface area contributed by atoms with E-state index in [2.05, 4.69) is 30.2 Å². The minimum atomic E-state index is 0.497. The molecule has 3 N–H and O–H groups in total. The standard InChI is InChI=1S/C15H21N3/c1-4-12(5-2)18-15-8-10(3)17-14-7-6-11(16)9-13(14)15/h6-9,12H,4-5,16H2,1-3H3,(H,17,18). The molecule has 0 saturated heterocycles. The molecule has 0 aliphatic carbocycles. The molecule has 0 amide bonds. The first-order chi connectivity index (χ1) is 8.63. The van der Waals surface area contributed by atoms with E-state index < -0.39 is 0 Å². The molecule has 3 heteroatoms. The lowest BCUT2D eigenvalue weighted by Crippen LogP contribution is -2.17. The molecule has 0 radical (unpaired) electrons. The Balaban J connectivity index is 2.50. The molecule has 96 valence electrons. The van der Waals surface area contributed by atoms with Gasteiger partial charge in [-0.15, -0.1) is 0 Å². The number of hydrogen-bond acceptors (Lipinski definition) is 3. The summed E-state index contributed by atoms with van der Waals surface area (Å²) < 4.78 is 0. The summed E-state index contributed by atoms with van der Waals surface area (Å²) >= 11 is 0. The molecule has 1 aromatic carbocycles. The minimum Gasteiger partial charge on any atom is -0.399 e. The van der Waals surface area contributed by atoms with Gasteiger partial charge in [-0.3, -0.25) is 4.98 Å². The first-order valence-corrected chi connectivity index (χ1v) is 6.57. The van der Waals surface area contributed by atoms with E-state index in [0.29, 0.717) is 6.04 Å². The normalized spacial score (nSPS) is 11.1. The van der Waals surface area contributed by atoms with Crippen LogP contribution < -0.4 is 11.1 Å². The highest BCUT2D eigenvalue weighted by Crippen LogP contribution is 2.26. The van der Waals surface area contributed by atoms with E-state index in [1.165, 1.54) is 0 Å². The SMILES string of the molecule is CCC(CC)Nc1cc(C)nc2ccc(N)cc12. The van der Waals surface area contributed by atoms with Crippen molar-refractivity contribution in [1.82, 2.24) is 4.98 Å². The quantitative estimate of drug-likeness (QED) is 0.804. The number of fused-ring (bicyclic) bond motifs is 1. The Morgan fingerprint density at radius 3 is 2.61 bits per heavy atom. The molecular formula is C15H21N3. The maximum Gasteiger partial charge on any atom is 0.0727 e. The van der Waals surface area contributed by atoms with Crippen molar-refractivity contribution in [1.29, 1.82) is 0 Å². The fourth-order valence-corrected chi connectivity index (χ4v) is 2.21. The molecule has 1 aromatic heterocycles. The zero-order valence-corrected chi connectivity index (χ0v) is 11.3. The molecular weight excluding hydrogens is 222 g/mol. The lowest BCUT2D eigenvalue weighted by molar-refractivity contribution is 0.672. The van der Waals surface area contributed by atoms with Crippen molar-refractivity contribution in [3.05, 3.63) is 30.0 Å². The minimum absolute atomic E-state index is 0.497. The second-order valence-corrected chi connectivity index (χ2v) is 4.75. The van der Waals surface area contributed by atoms with Gasteiger partial charge in [0, 0.05) is 28.5 Å². The summed E-state index contributed by atoms with van der Waals surface area (Å²) in [5.74, 6) is 0. The van der Waals surface area contributed by atoms with Gasteiger partial charge in [-0.1, -0.05) is 13.8 Å². The molecule has 0 fully saturated rings. The largest absolute Gasteiger partial charge is 0.399 e. The Labute approximate surface area is 108 Å². The highest BCUT2D eigenvalue weighted by Gasteiger charge is 2.08. The first-order valence-electron chi connectivity index (χ1n) is 6.57. The number of nitrogens with zero attached hydrogens (tertiary/aromatic N) is 1. The Bertz CT molecular complexity index is 545. The average molecular weight is 243 g/mol. The monoisotopic (exact) mass is 243 g/mol. The Morgan fingerprint density at radius 1 is 1.22 bits per heavy atom. The molecule has 0 unspecified atom stereocenters. The molecule has 18 heavy (non-hydrogen) atoms. The fraction of sp³-hybridized carbons (Fsp3) is 0.400. The second kappa shape index (κ2) is 5.25. The molecule has 2 aromatic rings. The molecule has 0 atom stereocenters. The lowest BCUT2D eigenvalue weighted by Gasteiger charge is -2.18. The molecule has 0 spiro atoms. The van der Waals surface area contributed by atoms with Crippen LogP contribution in [0.4, 0.5) is 11.4 Å². The summed E-state index contributed by atoms with van der Waals surface area (Å²) in [7, 11) is 0. The summed E-state index contributed by atoms with van der Waals surface area (Å²) in [6.07, 6.45) is 2.23. The highest BCUT2D eigenvalue weighted by molar-refractivity contribution is 5.93. The van der Waals surface area contributed by atoms with E-state index in [0.717, 1.165) is 40.8 Å². The van der Waals surface area contributed by atoms with Crippen LogP contribution in [0.15, 0.2) is 24.3 Å². The van der Waals surface area contributed by atoms with Gasteiger partial charge in [-0.2, -0.15) is 0 Å². The van der Waals surface area contributed by atoms with Gasteiger partial charge in [0.05, 0.1) is 5.52 Å². The molecule has 0 bridgehead atoms. The smallest absolute Gasteiger partial charge is 0.0727 e. The van der Waals surface area contributed by atoms with E-state index in [9.17, 15) is 0 Å². The van der Waals surface area contributed by atoms with Crippen LogP contribution in [-0.4, -0.2) is 11.0 Å². The highest BCUT2D eigenvalue weighted by atomic mass is 14.9. The molecule has 2 rings (SSSR count). The number of pyridine rings is 1. The van der Waals surface area contributed by atoms with Gasteiger partial charge in [0.2, 0.25) is 0 Å². The van der Waals surface area contributed by atoms with Crippen LogP contribution in [0.2, 0.25) is 0 Å². The van der Waals surface area contributed by atoms with E-state index in [4.69, 9.17) is 5.73 Å². The van der Waals surface area contributed by atoms with Crippen LogP contribution in [-0.2, 0) is 0 Å². The molecule has 0 aliphatic heterocycles. The zero-order valence-electron chi connectivity index (χ0n) is 11.3. The van der Waals surface area contributed by atoms with Gasteiger partial charge in [0.15, 0.2) is 0 Å². The molecule has 1 heterocycles. The van der Waals surface area contributed by atoms with E-state index in [1.807, 2.05) is 25.1 Å². The van der Waals surface area contributed by atoms with Crippen molar-refractivity contribution < 1.29 is 0 Å². The Hall–Kier alpha value is -1.77. The number of nitrogens with two attached hydrogens (primary N) is 1. The predicted molar refractivity (Wildman–Crippen MR) is 78.9 cm³/mol. The summed E-state index contributed by atoms with van der Waals surface area (Å²) in [5.41, 5.74) is 9.81. The summed E-state index contributed by atoms with van der Waals surface area (Å²) in [5, 5.41) is 4.70. The number of benzene rings is 1. The number of nitrogens with one attached hydrogen (secondary N) is 1. The molecule has 0 aliphatic rings. The number of hydrogen-bond donors (Lipinski definition) is 2. The maximum atomic E-state index is 5.87. The van der Waals surface area contributed by atoms with Crippen LogP contribution >= 0.6 is 0 Å². The van der Waals surface area contributed by atoms with Crippen LogP contribution in [0.3, 0.4) is 0 Å². The van der Waals surface area contributed by atoms with E-state index in [-0.39, 0.29) is 0 Å². The summed E-state index contributed by atoms with van der Waals surface area (Å²) in [6.45, 7) is 6.42. The number of rotatable bonds is 4. The Morgan fingerprint density at radius 2 is 1.94 bits per heavy atom. The number of aryl methyl sites for hydroxylation is 1. The maximum absolute atomic E-state index is 5.87. The van der Waals surface area contributed by atoms with Gasteiger partial charge >= 0.3 is 0 Å². The summed E-state index contributed by atoms with van der Waals surface area (Å²) in [6, 6.07) is 8.47. The van der Waals surface area contributed by atoms with Crippen molar-refractivity contribution in [3.8, 4) is 0 Å². The Kier molecular flexibility index (Phi) is 3.70. The van der Waals surface area contributed by atoms with Crippen molar-refractivity contribution in [2.75, 3.05) is 11.1 Å². The van der Waals surface area contributed by atoms with Crippen molar-refractivity contribution in [2.45, 2.75) is 39.7 Å². The third-order valence-electron chi connectivity index (χ3n) is 3.31. The van der Waals surface area contributed by atoms with Crippen molar-refractivity contribution >= 4 is 22.3 Å². The molecule has 3 nitrogen and oxygen atoms in total. The van der Waals surface area contributed by atoms with Gasteiger partial charge in [0.1, 0.15) is 0 Å². The second-order valence-electron chi connectivity index (χ2n) is 4.75. The van der Waals surface area contributed by atoms with Gasteiger partial charge in [-0.25, -0.2) is 0 Å². The van der Waals surface area contributed by atoms with Gasteiger partial charge in [-0.05, 0) is 44.0 Å². The third-order valence-corrected chi connectivity index (χ3v) is 3.31. The van der Waals surface area contributed by atoms with Crippen LogP contribution in [0.1, 0.15) is 32.4 Å². The van der Waals surface area contributed by atoms with E-state index >= 15 is 0 Å². The predicted octanol–water partition coefficient (Wildman–Crippen LogP) is 3.73. The van der Waals surface area contributed by atoms with Crippen molar-refractivity contribution in [2.24, 2.45) is 0 Å². The third kappa shape index (κ3) is 2.55. The van der Waals surface area contributed by atoms with Crippen molar-refractivity contribution in [3.63, 3.8) is 0 Å². The number of nitrogen functional groups attached to an aromatic ring is 1. The van der Waals surface area contributed by atoms with Gasteiger partial charge in [0.25, 0.3) is 0 Å². The fourth-order valence-electron chi connectivity index (χ4n) is 2.21. The zero-order chi connectivity index (χ0) is 13.1. The number of anilines is 2. The van der Waals surface area contributed by atoms with Gasteiger partial charge < -0.3 is 11.1 Å². The van der Waals surface area contributed by atoms with Crippen LogP contribution in [0.5, 0.6) is 0 Å².